The van der Waals surface area contributed by atoms with E-state index in [1.165, 1.54) is 22.2 Å². The van der Waals surface area contributed by atoms with E-state index in [1.54, 1.807) is 0 Å². The number of hydrogen-bond acceptors (Lipinski definition) is 5. The Hall–Kier alpha value is -2.45. The zero-order chi connectivity index (χ0) is 19.4. The number of carbonyl (C=O) groups is 1. The van der Waals surface area contributed by atoms with Crippen LogP contribution in [0.3, 0.4) is 0 Å². The van der Waals surface area contributed by atoms with Crippen molar-refractivity contribution in [3.05, 3.63) is 53.3 Å². The normalized spacial score (nSPS) is 12.5. The van der Waals surface area contributed by atoms with Crippen LogP contribution in [0.25, 0.3) is 5.78 Å². The molecule has 142 valence electrons. The van der Waals surface area contributed by atoms with Gasteiger partial charge in [0.15, 0.2) is 5.16 Å². The minimum Gasteiger partial charge on any atom is -0.349 e. The Balaban J connectivity index is 1.60. The number of hydrogen-bond donors (Lipinski definition) is 2. The number of nitrogens with zero attached hydrogens (tertiary/aromatic N) is 4. The number of fused-ring (bicyclic) bond motifs is 1. The maximum absolute atomic E-state index is 12.4. The van der Waals surface area contributed by atoms with Crippen LogP contribution in [0.1, 0.15) is 23.0 Å². The van der Waals surface area contributed by atoms with Crippen LogP contribution in [0.5, 0.6) is 0 Å². The lowest BCUT2D eigenvalue weighted by molar-refractivity contribution is -0.890. The summed E-state index contributed by atoms with van der Waals surface area (Å²) in [7, 11) is 4.19. The number of rotatable bonds is 7. The molecule has 2 heterocycles. The first-order valence-corrected chi connectivity index (χ1v) is 9.88. The summed E-state index contributed by atoms with van der Waals surface area (Å²) in [5, 5.41) is 12.0. The molecule has 8 heteroatoms. The van der Waals surface area contributed by atoms with Crippen molar-refractivity contribution in [2.75, 3.05) is 26.4 Å². The minimum atomic E-state index is -0.0170. The molecule has 27 heavy (non-hydrogen) atoms. The van der Waals surface area contributed by atoms with Crippen molar-refractivity contribution < 1.29 is 9.69 Å². The van der Waals surface area contributed by atoms with Gasteiger partial charge in [-0.2, -0.15) is 0 Å². The molecule has 0 aliphatic carbocycles. The fraction of sp³-hybridized carbons (Fsp3) is 0.368. The van der Waals surface area contributed by atoms with Gasteiger partial charge in [0.1, 0.15) is 6.04 Å². The second kappa shape index (κ2) is 8.49. The highest BCUT2D eigenvalue weighted by molar-refractivity contribution is 7.99. The molecule has 1 aromatic carbocycles. The lowest BCUT2D eigenvalue weighted by atomic mass is 10.1. The summed E-state index contributed by atoms with van der Waals surface area (Å²) < 4.78 is 1.88. The smallest absolute Gasteiger partial charge is 0.256 e. The SMILES string of the molecule is Cc1cc(C)n2c(SCC(=O)NC[C@H](c3ccccc3)[NH+](C)C)nnc2n1. The molecule has 0 aliphatic rings. The number of thioether (sulfide) groups is 1. The summed E-state index contributed by atoms with van der Waals surface area (Å²) in [4.78, 5) is 18.0. The standard InChI is InChI=1S/C19H24N6OS/c1-13-10-14(2)25-18(21-13)22-23-19(25)27-12-17(26)20-11-16(24(3)4)15-8-6-5-7-9-15/h5-10,16H,11-12H2,1-4H3,(H,20,26)/p+1/t16-/m1/s1. The van der Waals surface area contributed by atoms with Crippen LogP contribution < -0.4 is 10.2 Å². The molecule has 3 rings (SSSR count). The van der Waals surface area contributed by atoms with E-state index in [4.69, 9.17) is 0 Å². The molecule has 0 aliphatic heterocycles. The number of aryl methyl sites for hydroxylation is 2. The van der Waals surface area contributed by atoms with Crippen LogP contribution in [0, 0.1) is 13.8 Å². The fourth-order valence-corrected chi connectivity index (χ4v) is 3.85. The number of likely N-dealkylation sites (N-methyl/N-ethyl adjacent to an activating group) is 1. The molecule has 0 saturated heterocycles. The molecule has 7 nitrogen and oxygen atoms in total. The largest absolute Gasteiger partial charge is 0.349 e. The van der Waals surface area contributed by atoms with E-state index in [0.717, 1.165) is 11.4 Å². The van der Waals surface area contributed by atoms with Crippen LogP contribution in [-0.4, -0.2) is 51.9 Å². The lowest BCUT2D eigenvalue weighted by Crippen LogP contribution is -3.07. The number of benzene rings is 1. The maximum Gasteiger partial charge on any atom is 0.256 e. The highest BCUT2D eigenvalue weighted by Crippen LogP contribution is 2.18. The fourth-order valence-electron chi connectivity index (χ4n) is 3.03. The molecular formula is C19H25N6OS+. The van der Waals surface area contributed by atoms with Crippen molar-refractivity contribution in [2.24, 2.45) is 0 Å². The third kappa shape index (κ3) is 4.64. The van der Waals surface area contributed by atoms with Gasteiger partial charge < -0.3 is 10.2 Å². The molecular weight excluding hydrogens is 360 g/mol. The van der Waals surface area contributed by atoms with Crippen molar-refractivity contribution in [2.45, 2.75) is 25.0 Å². The number of carbonyl (C=O) groups excluding carboxylic acids is 1. The van der Waals surface area contributed by atoms with E-state index < -0.39 is 0 Å². The molecule has 3 aromatic rings. The third-order valence-electron chi connectivity index (χ3n) is 4.40. The number of aromatic nitrogens is 4. The van der Waals surface area contributed by atoms with E-state index in [-0.39, 0.29) is 11.9 Å². The van der Waals surface area contributed by atoms with Crippen LogP contribution in [-0.2, 0) is 4.79 Å². The summed E-state index contributed by atoms with van der Waals surface area (Å²) in [6.07, 6.45) is 0. The maximum atomic E-state index is 12.4. The Bertz CT molecular complexity index is 925. The predicted molar refractivity (Wildman–Crippen MR) is 106 cm³/mol. The predicted octanol–water partition coefficient (Wildman–Crippen LogP) is 0.835. The first-order valence-electron chi connectivity index (χ1n) is 8.89. The molecule has 0 radical (unpaired) electrons. The van der Waals surface area contributed by atoms with Crippen LogP contribution in [0.15, 0.2) is 41.6 Å². The highest BCUT2D eigenvalue weighted by Gasteiger charge is 2.19. The molecule has 1 atom stereocenters. The minimum absolute atomic E-state index is 0.0170. The summed E-state index contributed by atoms with van der Waals surface area (Å²) in [6.45, 7) is 4.50. The van der Waals surface area contributed by atoms with Crippen LogP contribution >= 0.6 is 11.8 Å². The zero-order valence-corrected chi connectivity index (χ0v) is 16.9. The molecule has 0 unspecified atom stereocenters. The Kier molecular flexibility index (Phi) is 6.08. The van der Waals surface area contributed by atoms with Crippen LogP contribution in [0.4, 0.5) is 0 Å². The summed E-state index contributed by atoms with van der Waals surface area (Å²) in [5.41, 5.74) is 3.12. The van der Waals surface area contributed by atoms with Gasteiger partial charge in [-0.1, -0.05) is 42.1 Å². The van der Waals surface area contributed by atoms with Gasteiger partial charge in [-0.05, 0) is 19.9 Å². The Morgan fingerprint density at radius 2 is 1.96 bits per heavy atom. The van der Waals surface area contributed by atoms with E-state index in [1.807, 2.05) is 42.5 Å². The highest BCUT2D eigenvalue weighted by atomic mass is 32.2. The molecule has 0 saturated carbocycles. The molecule has 2 aromatic heterocycles. The Labute approximate surface area is 163 Å². The number of amides is 1. The van der Waals surface area contributed by atoms with Crippen molar-refractivity contribution in [3.8, 4) is 0 Å². The van der Waals surface area contributed by atoms with Crippen molar-refractivity contribution in [1.82, 2.24) is 24.9 Å². The van der Waals surface area contributed by atoms with E-state index >= 15 is 0 Å². The van der Waals surface area contributed by atoms with Crippen molar-refractivity contribution in [3.63, 3.8) is 0 Å². The average Bonchev–Trinajstić information content (AvgIpc) is 3.04. The first-order chi connectivity index (χ1) is 13.0. The second-order valence-corrected chi connectivity index (χ2v) is 7.73. The van der Waals surface area contributed by atoms with Gasteiger partial charge in [-0.25, -0.2) is 4.98 Å². The topological polar surface area (TPSA) is 76.6 Å². The zero-order valence-electron chi connectivity index (χ0n) is 16.1. The molecule has 0 bridgehead atoms. The van der Waals surface area contributed by atoms with E-state index in [2.05, 4.69) is 46.7 Å². The molecule has 1 amide bonds. The van der Waals surface area contributed by atoms with Gasteiger partial charge in [0.05, 0.1) is 26.4 Å². The van der Waals surface area contributed by atoms with Gasteiger partial charge in [0, 0.05) is 17.0 Å². The number of nitrogens with one attached hydrogen (secondary N) is 2. The second-order valence-electron chi connectivity index (χ2n) is 6.79. The Morgan fingerprint density at radius 1 is 1.22 bits per heavy atom. The van der Waals surface area contributed by atoms with Gasteiger partial charge >= 0.3 is 0 Å². The first kappa shape index (κ1) is 19.3. The molecule has 0 fully saturated rings. The van der Waals surface area contributed by atoms with Gasteiger partial charge in [-0.15, -0.1) is 10.2 Å². The summed E-state index contributed by atoms with van der Waals surface area (Å²) >= 11 is 1.37. The average molecular weight is 386 g/mol. The lowest BCUT2D eigenvalue weighted by Gasteiger charge is -2.22. The quantitative estimate of drug-likeness (QED) is 0.590. The monoisotopic (exact) mass is 385 g/mol. The number of quaternary nitrogens is 1. The molecule has 2 N–H and O–H groups in total. The van der Waals surface area contributed by atoms with E-state index in [0.29, 0.717) is 23.2 Å². The van der Waals surface area contributed by atoms with Crippen molar-refractivity contribution >= 4 is 23.4 Å². The third-order valence-corrected chi connectivity index (χ3v) is 5.33. The summed E-state index contributed by atoms with van der Waals surface area (Å²) in [6, 6.07) is 12.4. The van der Waals surface area contributed by atoms with E-state index in [9.17, 15) is 4.79 Å². The van der Waals surface area contributed by atoms with Crippen molar-refractivity contribution in [1.29, 1.82) is 0 Å². The van der Waals surface area contributed by atoms with Gasteiger partial charge in [0.2, 0.25) is 5.91 Å². The van der Waals surface area contributed by atoms with Crippen LogP contribution in [0.2, 0.25) is 0 Å². The summed E-state index contributed by atoms with van der Waals surface area (Å²) in [5.74, 6) is 0.839. The van der Waals surface area contributed by atoms with Gasteiger partial charge in [-0.3, -0.25) is 9.20 Å². The Morgan fingerprint density at radius 3 is 2.67 bits per heavy atom. The van der Waals surface area contributed by atoms with Gasteiger partial charge in [0.25, 0.3) is 5.78 Å². The molecule has 0 spiro atoms.